The minimum Gasteiger partial charge on any atom is -0.131 e. The Kier molecular flexibility index (Phi) is 4.63. The smallest absolute Gasteiger partial charge is 0.131 e. The van der Waals surface area contributed by atoms with E-state index in [-0.39, 0.29) is 0 Å². The van der Waals surface area contributed by atoms with E-state index in [1.54, 1.807) is 34.9 Å². The minimum absolute atomic E-state index is 0.850. The number of nitrogens with zero attached hydrogens (tertiary/aromatic N) is 2. The molecule has 1 heterocycles. The van der Waals surface area contributed by atoms with Crippen molar-refractivity contribution >= 4 is 50.8 Å². The maximum absolute atomic E-state index is 4.01. The predicted molar refractivity (Wildman–Crippen MR) is 60.5 cm³/mol. The summed E-state index contributed by atoms with van der Waals surface area (Å²) in [6.07, 6.45) is 2.00. The van der Waals surface area contributed by atoms with Gasteiger partial charge in [0.05, 0.1) is 0 Å². The van der Waals surface area contributed by atoms with Gasteiger partial charge in [-0.15, -0.1) is 10.2 Å². The first kappa shape index (κ1) is 10.6. The summed E-state index contributed by atoms with van der Waals surface area (Å²) >= 11 is 8.18. The van der Waals surface area contributed by atoms with E-state index in [9.17, 15) is 0 Å². The molecule has 1 aromatic heterocycles. The van der Waals surface area contributed by atoms with Gasteiger partial charge in [0.25, 0.3) is 0 Å². The molecule has 0 radical (unpaired) electrons. The van der Waals surface area contributed by atoms with Crippen molar-refractivity contribution in [3.63, 3.8) is 0 Å². The summed E-state index contributed by atoms with van der Waals surface area (Å²) in [6, 6.07) is 0. The lowest BCUT2D eigenvalue weighted by molar-refractivity contribution is 0.956. The lowest BCUT2D eigenvalue weighted by Gasteiger charge is -1.91. The summed E-state index contributed by atoms with van der Waals surface area (Å²) in [5, 5.41) is 7.99. The van der Waals surface area contributed by atoms with Crippen LogP contribution in [-0.2, 0) is 0 Å². The first-order chi connectivity index (χ1) is 5.72. The average Bonchev–Trinajstić information content (AvgIpc) is 2.48. The molecule has 0 aliphatic heterocycles. The van der Waals surface area contributed by atoms with Crippen molar-refractivity contribution in [2.75, 3.05) is 12.0 Å². The SMILES string of the molecule is C=C(Br)CSc1nnc(SC)s1. The molecule has 0 aliphatic rings. The van der Waals surface area contributed by atoms with Crippen LogP contribution in [0, 0.1) is 0 Å². The van der Waals surface area contributed by atoms with Gasteiger partial charge in [0.2, 0.25) is 0 Å². The molecule has 6 heteroatoms. The average molecular weight is 283 g/mol. The number of aromatic nitrogens is 2. The number of thioether (sulfide) groups is 2. The molecule has 66 valence electrons. The number of hydrogen-bond donors (Lipinski definition) is 0. The van der Waals surface area contributed by atoms with Crippen LogP contribution in [0.25, 0.3) is 0 Å². The third-order valence-corrected chi connectivity index (χ3v) is 4.68. The second-order valence-corrected chi connectivity index (χ2v) is 6.22. The second kappa shape index (κ2) is 5.26. The molecule has 0 aromatic carbocycles. The van der Waals surface area contributed by atoms with E-state index in [1.165, 1.54) is 0 Å². The fourth-order valence-corrected chi connectivity index (χ4v) is 3.01. The normalized spacial score (nSPS) is 10.2. The van der Waals surface area contributed by atoms with E-state index in [1.807, 2.05) is 6.26 Å². The Hall–Kier alpha value is 0.480. The molecule has 0 N–H and O–H groups in total. The molecule has 0 saturated heterocycles. The maximum Gasteiger partial charge on any atom is 0.175 e. The molecular formula is C6H7BrN2S3. The van der Waals surface area contributed by atoms with Crippen molar-refractivity contribution in [2.24, 2.45) is 0 Å². The van der Waals surface area contributed by atoms with Crippen LogP contribution in [0.2, 0.25) is 0 Å². The quantitative estimate of drug-likeness (QED) is 0.792. The summed E-state index contributed by atoms with van der Waals surface area (Å²) in [7, 11) is 0. The minimum atomic E-state index is 0.850. The van der Waals surface area contributed by atoms with Gasteiger partial charge < -0.3 is 0 Å². The first-order valence-corrected chi connectivity index (χ1v) is 6.88. The molecule has 0 atom stereocenters. The summed E-state index contributed by atoms with van der Waals surface area (Å²) in [5.74, 6) is 0.850. The molecular weight excluding hydrogens is 276 g/mol. The number of rotatable bonds is 4. The van der Waals surface area contributed by atoms with Crippen molar-refractivity contribution in [3.8, 4) is 0 Å². The fraction of sp³-hybridized carbons (Fsp3) is 0.333. The molecule has 0 aliphatic carbocycles. The first-order valence-electron chi connectivity index (χ1n) is 3.06. The lowest BCUT2D eigenvalue weighted by atomic mass is 10.8. The standard InChI is InChI=1S/C6H7BrN2S3/c1-4(7)3-11-6-9-8-5(10-2)12-6/h1,3H2,2H3. The molecule has 0 spiro atoms. The molecule has 0 amide bonds. The predicted octanol–water partition coefficient (Wildman–Crippen LogP) is 3.26. The van der Waals surface area contributed by atoms with Crippen molar-refractivity contribution in [3.05, 3.63) is 11.1 Å². The van der Waals surface area contributed by atoms with Gasteiger partial charge in [-0.25, -0.2) is 0 Å². The van der Waals surface area contributed by atoms with Crippen molar-refractivity contribution in [1.29, 1.82) is 0 Å². The van der Waals surface area contributed by atoms with Gasteiger partial charge in [-0.2, -0.15) is 0 Å². The van der Waals surface area contributed by atoms with E-state index in [0.29, 0.717) is 0 Å². The lowest BCUT2D eigenvalue weighted by Crippen LogP contribution is -1.75. The molecule has 0 saturated carbocycles. The topological polar surface area (TPSA) is 25.8 Å². The van der Waals surface area contributed by atoms with E-state index >= 15 is 0 Å². The van der Waals surface area contributed by atoms with E-state index in [0.717, 1.165) is 18.9 Å². The Bertz CT molecular complexity index is 274. The third kappa shape index (κ3) is 3.47. The second-order valence-electron chi connectivity index (χ2n) is 1.84. The number of hydrogen-bond acceptors (Lipinski definition) is 5. The van der Waals surface area contributed by atoms with Crippen LogP contribution in [0.4, 0.5) is 0 Å². The fourth-order valence-electron chi connectivity index (χ4n) is 0.478. The molecule has 2 nitrogen and oxygen atoms in total. The Balaban J connectivity index is 2.47. The van der Waals surface area contributed by atoms with Gasteiger partial charge in [-0.3, -0.25) is 0 Å². The Morgan fingerprint density at radius 3 is 2.75 bits per heavy atom. The zero-order valence-electron chi connectivity index (χ0n) is 6.41. The Morgan fingerprint density at radius 2 is 2.25 bits per heavy atom. The van der Waals surface area contributed by atoms with Crippen LogP contribution in [-0.4, -0.2) is 22.2 Å². The van der Waals surface area contributed by atoms with E-state index in [2.05, 4.69) is 32.7 Å². The molecule has 1 rings (SSSR count). The Labute approximate surface area is 92.4 Å². The molecule has 1 aromatic rings. The van der Waals surface area contributed by atoms with E-state index in [4.69, 9.17) is 0 Å². The van der Waals surface area contributed by atoms with Gasteiger partial charge in [-0.1, -0.05) is 57.4 Å². The highest BCUT2D eigenvalue weighted by Gasteiger charge is 2.02. The van der Waals surface area contributed by atoms with Crippen molar-refractivity contribution in [2.45, 2.75) is 8.68 Å². The highest BCUT2D eigenvalue weighted by atomic mass is 79.9. The van der Waals surface area contributed by atoms with E-state index < -0.39 is 0 Å². The Morgan fingerprint density at radius 1 is 1.58 bits per heavy atom. The third-order valence-electron chi connectivity index (χ3n) is 0.915. The summed E-state index contributed by atoms with van der Waals surface area (Å²) in [6.45, 7) is 3.74. The largest absolute Gasteiger partial charge is 0.175 e. The monoisotopic (exact) mass is 282 g/mol. The zero-order valence-corrected chi connectivity index (χ0v) is 10.4. The summed E-state index contributed by atoms with van der Waals surface area (Å²) < 4.78 is 2.99. The van der Waals surface area contributed by atoms with Crippen LogP contribution in [0.3, 0.4) is 0 Å². The van der Waals surface area contributed by atoms with Crippen LogP contribution >= 0.6 is 50.8 Å². The summed E-state index contributed by atoms with van der Waals surface area (Å²) in [4.78, 5) is 0. The summed E-state index contributed by atoms with van der Waals surface area (Å²) in [5.41, 5.74) is 0. The van der Waals surface area contributed by atoms with Crippen molar-refractivity contribution in [1.82, 2.24) is 10.2 Å². The molecule has 0 bridgehead atoms. The van der Waals surface area contributed by atoms with Gasteiger partial charge in [0.15, 0.2) is 8.68 Å². The highest BCUT2D eigenvalue weighted by molar-refractivity contribution is 9.11. The molecule has 0 fully saturated rings. The molecule has 12 heavy (non-hydrogen) atoms. The van der Waals surface area contributed by atoms with Gasteiger partial charge in [0.1, 0.15) is 0 Å². The molecule has 0 unspecified atom stereocenters. The number of halogens is 1. The van der Waals surface area contributed by atoms with Crippen LogP contribution < -0.4 is 0 Å². The highest BCUT2D eigenvalue weighted by Crippen LogP contribution is 2.28. The zero-order chi connectivity index (χ0) is 8.97. The van der Waals surface area contributed by atoms with Crippen LogP contribution in [0.5, 0.6) is 0 Å². The van der Waals surface area contributed by atoms with Crippen molar-refractivity contribution < 1.29 is 0 Å². The van der Waals surface area contributed by atoms with Gasteiger partial charge in [0, 0.05) is 5.75 Å². The maximum atomic E-state index is 4.01. The van der Waals surface area contributed by atoms with Gasteiger partial charge >= 0.3 is 0 Å². The van der Waals surface area contributed by atoms with Crippen LogP contribution in [0.15, 0.2) is 19.7 Å². The van der Waals surface area contributed by atoms with Crippen LogP contribution in [0.1, 0.15) is 0 Å². The van der Waals surface area contributed by atoms with Gasteiger partial charge in [-0.05, 0) is 10.7 Å².